The van der Waals surface area contributed by atoms with E-state index in [4.69, 9.17) is 0 Å². The zero-order valence-corrected chi connectivity index (χ0v) is 15.0. The summed E-state index contributed by atoms with van der Waals surface area (Å²) in [6, 6.07) is 10.8. The van der Waals surface area contributed by atoms with E-state index in [1.807, 2.05) is 18.2 Å². The molecule has 2 rings (SSSR count). The number of hydrogen-bond acceptors (Lipinski definition) is 4. The first-order valence-electron chi connectivity index (χ1n) is 8.77. The molecule has 4 N–H and O–H groups in total. The Morgan fingerprint density at radius 3 is 1.88 bits per heavy atom. The lowest BCUT2D eigenvalue weighted by Crippen LogP contribution is -2.22. The molecule has 4 nitrogen and oxygen atoms in total. The summed E-state index contributed by atoms with van der Waals surface area (Å²) in [7, 11) is 0. The van der Waals surface area contributed by atoms with Gasteiger partial charge >= 0.3 is 0 Å². The summed E-state index contributed by atoms with van der Waals surface area (Å²) in [6.45, 7) is 4.40. The van der Waals surface area contributed by atoms with Crippen molar-refractivity contribution in [2.24, 2.45) is 0 Å². The maximum atomic E-state index is 10.3. The first-order valence-corrected chi connectivity index (χ1v) is 8.77. The summed E-state index contributed by atoms with van der Waals surface area (Å²) in [5, 5.41) is 38.3. The molecule has 2 aromatic carbocycles. The van der Waals surface area contributed by atoms with Crippen molar-refractivity contribution in [3.63, 3.8) is 0 Å². The highest BCUT2D eigenvalue weighted by Crippen LogP contribution is 2.38. The minimum atomic E-state index is -0.319. The smallest absolute Gasteiger partial charge is 0.119 e. The van der Waals surface area contributed by atoms with Gasteiger partial charge in [0.25, 0.3) is 0 Å². The van der Waals surface area contributed by atoms with Gasteiger partial charge in [0.2, 0.25) is 0 Å². The van der Waals surface area contributed by atoms with Crippen molar-refractivity contribution in [3.8, 4) is 11.5 Å². The van der Waals surface area contributed by atoms with Crippen LogP contribution in [0.5, 0.6) is 11.5 Å². The van der Waals surface area contributed by atoms with Gasteiger partial charge in [-0.2, -0.15) is 0 Å². The van der Waals surface area contributed by atoms with E-state index < -0.39 is 0 Å². The van der Waals surface area contributed by atoms with Gasteiger partial charge < -0.3 is 20.4 Å². The summed E-state index contributed by atoms with van der Waals surface area (Å²) in [5.41, 5.74) is 3.74. The van der Waals surface area contributed by atoms with Crippen molar-refractivity contribution >= 4 is 0 Å². The number of hydrogen-bond donors (Lipinski definition) is 4. The minimum absolute atomic E-state index is 0.0739. The van der Waals surface area contributed by atoms with Crippen LogP contribution in [0.3, 0.4) is 0 Å². The summed E-state index contributed by atoms with van der Waals surface area (Å²) >= 11 is 0. The number of benzene rings is 2. The number of aromatic hydroxyl groups is 2. The SMILES string of the molecule is CC(C)(c1ccc(O)cc1)c1ccc(O)c(CCCO)c1CCCO. The van der Waals surface area contributed by atoms with E-state index in [1.54, 1.807) is 18.2 Å². The molecule has 0 unspecified atom stereocenters. The molecule has 25 heavy (non-hydrogen) atoms. The van der Waals surface area contributed by atoms with Crippen LogP contribution in [0.2, 0.25) is 0 Å². The number of rotatable bonds is 8. The van der Waals surface area contributed by atoms with Gasteiger partial charge in [0.05, 0.1) is 0 Å². The lowest BCUT2D eigenvalue weighted by Gasteiger charge is -2.30. The molecular formula is C21H28O4. The van der Waals surface area contributed by atoms with E-state index in [2.05, 4.69) is 13.8 Å². The fraction of sp³-hybridized carbons (Fsp3) is 0.429. The predicted molar refractivity (Wildman–Crippen MR) is 99.2 cm³/mol. The van der Waals surface area contributed by atoms with Gasteiger partial charge in [-0.1, -0.05) is 32.0 Å². The summed E-state index contributed by atoms with van der Waals surface area (Å²) in [5.74, 6) is 0.473. The van der Waals surface area contributed by atoms with Crippen molar-refractivity contribution in [2.75, 3.05) is 13.2 Å². The molecular weight excluding hydrogens is 316 g/mol. The van der Waals surface area contributed by atoms with E-state index >= 15 is 0 Å². The third-order valence-electron chi connectivity index (χ3n) is 4.84. The first kappa shape index (κ1) is 19.3. The van der Waals surface area contributed by atoms with E-state index in [9.17, 15) is 20.4 Å². The van der Waals surface area contributed by atoms with Gasteiger partial charge in [0, 0.05) is 18.6 Å². The lowest BCUT2D eigenvalue weighted by molar-refractivity contribution is 0.285. The van der Waals surface area contributed by atoms with Crippen LogP contribution < -0.4 is 0 Å². The fourth-order valence-corrected chi connectivity index (χ4v) is 3.38. The lowest BCUT2D eigenvalue weighted by atomic mass is 9.74. The Hall–Kier alpha value is -2.04. The van der Waals surface area contributed by atoms with Crippen molar-refractivity contribution in [1.82, 2.24) is 0 Å². The van der Waals surface area contributed by atoms with Gasteiger partial charge in [-0.3, -0.25) is 0 Å². The summed E-state index contributed by atoms with van der Waals surface area (Å²) in [6.07, 6.45) is 2.47. The molecule has 2 aromatic rings. The van der Waals surface area contributed by atoms with Crippen LogP contribution >= 0.6 is 0 Å². The molecule has 0 heterocycles. The van der Waals surface area contributed by atoms with Crippen LogP contribution in [0.15, 0.2) is 36.4 Å². The van der Waals surface area contributed by atoms with E-state index in [-0.39, 0.29) is 30.1 Å². The molecule has 0 bridgehead atoms. The van der Waals surface area contributed by atoms with E-state index in [0.29, 0.717) is 25.7 Å². The van der Waals surface area contributed by atoms with Gasteiger partial charge in [0.1, 0.15) is 11.5 Å². The second kappa shape index (κ2) is 8.37. The highest BCUT2D eigenvalue weighted by Gasteiger charge is 2.28. The van der Waals surface area contributed by atoms with Crippen LogP contribution in [0.25, 0.3) is 0 Å². The summed E-state index contributed by atoms with van der Waals surface area (Å²) < 4.78 is 0. The largest absolute Gasteiger partial charge is 0.508 e. The van der Waals surface area contributed by atoms with Gasteiger partial charge in [0.15, 0.2) is 0 Å². The molecule has 0 fully saturated rings. The molecule has 0 spiro atoms. The van der Waals surface area contributed by atoms with E-state index in [0.717, 1.165) is 22.3 Å². The predicted octanol–water partition coefficient (Wildman–Crippen LogP) is 3.27. The van der Waals surface area contributed by atoms with Crippen LogP contribution in [0, 0.1) is 0 Å². The fourth-order valence-electron chi connectivity index (χ4n) is 3.38. The normalized spacial score (nSPS) is 11.7. The van der Waals surface area contributed by atoms with E-state index in [1.165, 1.54) is 0 Å². The Kier molecular flexibility index (Phi) is 6.45. The van der Waals surface area contributed by atoms with Crippen LogP contribution in [0.4, 0.5) is 0 Å². The molecule has 0 saturated carbocycles. The summed E-state index contributed by atoms with van der Waals surface area (Å²) in [4.78, 5) is 0. The molecule has 0 saturated heterocycles. The number of aliphatic hydroxyl groups excluding tert-OH is 2. The zero-order chi connectivity index (χ0) is 18.4. The highest BCUT2D eigenvalue weighted by molar-refractivity contribution is 5.51. The third-order valence-corrected chi connectivity index (χ3v) is 4.84. The average molecular weight is 344 g/mol. The Morgan fingerprint density at radius 2 is 1.32 bits per heavy atom. The van der Waals surface area contributed by atoms with Crippen LogP contribution in [-0.2, 0) is 18.3 Å². The standard InChI is InChI=1S/C21H28O4/c1-21(2,15-7-9-16(24)10-8-15)19-11-12-20(25)18(6-4-14-23)17(19)5-3-13-22/h7-12,22-25H,3-6,13-14H2,1-2H3. The number of aliphatic hydroxyl groups is 2. The molecule has 0 aliphatic heterocycles. The Bertz CT molecular complexity index is 690. The van der Waals surface area contributed by atoms with Crippen molar-refractivity contribution in [3.05, 3.63) is 58.7 Å². The average Bonchev–Trinajstić information content (AvgIpc) is 2.59. The van der Waals surface area contributed by atoms with Crippen molar-refractivity contribution in [1.29, 1.82) is 0 Å². The van der Waals surface area contributed by atoms with Crippen molar-refractivity contribution < 1.29 is 20.4 Å². The molecule has 0 radical (unpaired) electrons. The number of phenols is 2. The molecule has 136 valence electrons. The second-order valence-corrected chi connectivity index (χ2v) is 6.92. The molecule has 4 heteroatoms. The van der Waals surface area contributed by atoms with Crippen LogP contribution in [0.1, 0.15) is 48.9 Å². The maximum absolute atomic E-state index is 10.3. The quantitative estimate of drug-likeness (QED) is 0.592. The Morgan fingerprint density at radius 1 is 0.760 bits per heavy atom. The molecule has 0 atom stereocenters. The molecule has 0 aliphatic carbocycles. The molecule has 0 aromatic heterocycles. The van der Waals surface area contributed by atoms with Crippen molar-refractivity contribution in [2.45, 2.75) is 44.9 Å². The maximum Gasteiger partial charge on any atom is 0.119 e. The zero-order valence-electron chi connectivity index (χ0n) is 15.0. The molecule has 0 aliphatic rings. The topological polar surface area (TPSA) is 80.9 Å². The highest BCUT2D eigenvalue weighted by atomic mass is 16.3. The van der Waals surface area contributed by atoms with Gasteiger partial charge in [-0.05, 0) is 66.1 Å². The second-order valence-electron chi connectivity index (χ2n) is 6.92. The van der Waals surface area contributed by atoms with Gasteiger partial charge in [-0.15, -0.1) is 0 Å². The first-order chi connectivity index (χ1) is 11.9. The number of phenolic OH excluding ortho intramolecular Hbond substituents is 2. The minimum Gasteiger partial charge on any atom is -0.508 e. The third kappa shape index (κ3) is 4.33. The molecule has 0 amide bonds. The monoisotopic (exact) mass is 344 g/mol. The van der Waals surface area contributed by atoms with Crippen LogP contribution in [-0.4, -0.2) is 33.6 Å². The Labute approximate surface area is 149 Å². The Balaban J connectivity index is 2.55. The van der Waals surface area contributed by atoms with Gasteiger partial charge in [-0.25, -0.2) is 0 Å².